The molecule has 4 rings (SSSR count). The van der Waals surface area contributed by atoms with Gasteiger partial charge in [0.15, 0.2) is 0 Å². The van der Waals surface area contributed by atoms with Crippen LogP contribution in [0.4, 0.5) is 4.39 Å². The quantitative estimate of drug-likeness (QED) is 0.723. The average Bonchev–Trinajstić information content (AvgIpc) is 3.19. The van der Waals surface area contributed by atoms with Crippen molar-refractivity contribution in [2.75, 3.05) is 13.1 Å². The number of aromatic nitrogens is 3. The number of hydrogen-bond acceptors (Lipinski definition) is 5. The van der Waals surface area contributed by atoms with E-state index in [2.05, 4.69) is 15.1 Å². The first kappa shape index (κ1) is 16.4. The first-order chi connectivity index (χ1) is 12.7. The zero-order valence-electron chi connectivity index (χ0n) is 14.0. The molecule has 0 N–H and O–H groups in total. The van der Waals surface area contributed by atoms with Gasteiger partial charge in [-0.3, -0.25) is 9.78 Å². The van der Waals surface area contributed by atoms with Crippen molar-refractivity contribution in [3.05, 3.63) is 65.9 Å². The highest BCUT2D eigenvalue weighted by Gasteiger charge is 2.29. The molecular weight excluding hydrogens is 335 g/mol. The third-order valence-electron chi connectivity index (χ3n) is 4.48. The molecule has 0 unspecified atom stereocenters. The van der Waals surface area contributed by atoms with Gasteiger partial charge in [0, 0.05) is 24.8 Å². The lowest BCUT2D eigenvalue weighted by molar-refractivity contribution is 0.0695. The predicted octanol–water partition coefficient (Wildman–Crippen LogP) is 3.29. The van der Waals surface area contributed by atoms with Crippen molar-refractivity contribution in [1.29, 1.82) is 0 Å². The first-order valence-corrected chi connectivity index (χ1v) is 8.50. The second-order valence-corrected chi connectivity index (χ2v) is 6.27. The highest BCUT2D eigenvalue weighted by molar-refractivity contribution is 5.94. The first-order valence-electron chi connectivity index (χ1n) is 8.50. The Hall–Kier alpha value is -3.09. The monoisotopic (exact) mass is 352 g/mol. The molecule has 0 spiro atoms. The second kappa shape index (κ2) is 7.03. The minimum atomic E-state index is -0.356. The minimum Gasteiger partial charge on any atom is -0.339 e. The molecule has 1 saturated heterocycles. The van der Waals surface area contributed by atoms with Crippen molar-refractivity contribution in [2.24, 2.45) is 0 Å². The van der Waals surface area contributed by atoms with Crippen molar-refractivity contribution in [3.8, 4) is 11.5 Å². The minimum absolute atomic E-state index is 0.0156. The Bertz CT molecular complexity index is 895. The Morgan fingerprint density at radius 1 is 1.19 bits per heavy atom. The summed E-state index contributed by atoms with van der Waals surface area (Å²) in [6.45, 7) is 1.16. The van der Waals surface area contributed by atoms with Crippen LogP contribution in [-0.2, 0) is 0 Å². The fourth-order valence-corrected chi connectivity index (χ4v) is 3.14. The number of rotatable bonds is 3. The van der Waals surface area contributed by atoms with Crippen molar-refractivity contribution >= 4 is 5.91 Å². The van der Waals surface area contributed by atoms with Gasteiger partial charge in [-0.1, -0.05) is 11.2 Å². The van der Waals surface area contributed by atoms with E-state index in [4.69, 9.17) is 4.52 Å². The number of amides is 1. The molecule has 0 saturated carbocycles. The molecule has 1 fully saturated rings. The van der Waals surface area contributed by atoms with Gasteiger partial charge in [0.2, 0.25) is 11.7 Å². The molecule has 0 bridgehead atoms. The molecule has 26 heavy (non-hydrogen) atoms. The molecule has 1 aliphatic heterocycles. The standard InChI is InChI=1S/C19H17FN4O2/c20-15-8-6-13(7-9-15)19(25)24-11-3-4-14(12-24)18-22-17(23-26-18)16-5-1-2-10-21-16/h1-2,5-10,14H,3-4,11-12H2/t14-/m0/s1. The van der Waals surface area contributed by atoms with Gasteiger partial charge < -0.3 is 9.42 Å². The summed E-state index contributed by atoms with van der Waals surface area (Å²) in [5.41, 5.74) is 1.13. The lowest BCUT2D eigenvalue weighted by Crippen LogP contribution is -2.39. The number of pyridine rings is 1. The van der Waals surface area contributed by atoms with E-state index in [1.807, 2.05) is 18.2 Å². The number of carbonyl (C=O) groups excluding carboxylic acids is 1. The summed E-state index contributed by atoms with van der Waals surface area (Å²) in [4.78, 5) is 23.1. The molecule has 1 aliphatic rings. The zero-order valence-corrected chi connectivity index (χ0v) is 14.0. The molecule has 132 valence electrons. The van der Waals surface area contributed by atoms with E-state index in [1.54, 1.807) is 11.1 Å². The smallest absolute Gasteiger partial charge is 0.253 e. The van der Waals surface area contributed by atoms with Crippen LogP contribution in [0.25, 0.3) is 11.5 Å². The molecule has 0 radical (unpaired) electrons. The number of likely N-dealkylation sites (tertiary alicyclic amines) is 1. The maximum atomic E-state index is 13.1. The number of hydrogen-bond donors (Lipinski definition) is 0. The van der Waals surface area contributed by atoms with Crippen LogP contribution < -0.4 is 0 Å². The molecule has 2 aromatic heterocycles. The fourth-order valence-electron chi connectivity index (χ4n) is 3.14. The maximum Gasteiger partial charge on any atom is 0.253 e. The molecule has 0 aliphatic carbocycles. The van der Waals surface area contributed by atoms with E-state index in [-0.39, 0.29) is 17.6 Å². The van der Waals surface area contributed by atoms with E-state index in [0.717, 1.165) is 12.8 Å². The zero-order chi connectivity index (χ0) is 17.9. The van der Waals surface area contributed by atoms with E-state index >= 15 is 0 Å². The van der Waals surface area contributed by atoms with Crippen LogP contribution in [0.3, 0.4) is 0 Å². The van der Waals surface area contributed by atoms with Crippen molar-refractivity contribution < 1.29 is 13.7 Å². The third-order valence-corrected chi connectivity index (χ3v) is 4.48. The van der Waals surface area contributed by atoms with Crippen LogP contribution in [0.5, 0.6) is 0 Å². The van der Waals surface area contributed by atoms with Gasteiger partial charge in [-0.15, -0.1) is 0 Å². The predicted molar refractivity (Wildman–Crippen MR) is 91.8 cm³/mol. The van der Waals surface area contributed by atoms with Gasteiger partial charge >= 0.3 is 0 Å². The van der Waals surface area contributed by atoms with Gasteiger partial charge in [-0.2, -0.15) is 4.98 Å². The van der Waals surface area contributed by atoms with Gasteiger partial charge in [0.25, 0.3) is 5.91 Å². The average molecular weight is 352 g/mol. The third kappa shape index (κ3) is 3.33. The Kier molecular flexibility index (Phi) is 4.43. The molecule has 7 heteroatoms. The summed E-state index contributed by atoms with van der Waals surface area (Å²) in [7, 11) is 0. The van der Waals surface area contributed by atoms with Gasteiger partial charge in [0.1, 0.15) is 11.5 Å². The summed E-state index contributed by atoms with van der Waals surface area (Å²) in [5.74, 6) is 0.480. The SMILES string of the molecule is O=C(c1ccc(F)cc1)N1CCC[C@H](c2nc(-c3ccccn3)no2)C1. The summed E-state index contributed by atoms with van der Waals surface area (Å²) in [5, 5.41) is 4.01. The van der Waals surface area contributed by atoms with E-state index in [0.29, 0.717) is 36.1 Å². The van der Waals surface area contributed by atoms with Crippen LogP contribution in [0.1, 0.15) is 35.0 Å². The Morgan fingerprint density at radius 2 is 2.04 bits per heavy atom. The summed E-state index contributed by atoms with van der Waals surface area (Å²) >= 11 is 0. The highest BCUT2D eigenvalue weighted by atomic mass is 19.1. The Labute approximate surface area is 149 Å². The topological polar surface area (TPSA) is 72.1 Å². The molecule has 6 nitrogen and oxygen atoms in total. The highest BCUT2D eigenvalue weighted by Crippen LogP contribution is 2.28. The van der Waals surface area contributed by atoms with Gasteiger partial charge in [-0.25, -0.2) is 4.39 Å². The Balaban J connectivity index is 1.49. The fraction of sp³-hybridized carbons (Fsp3) is 0.263. The van der Waals surface area contributed by atoms with Crippen LogP contribution in [0.2, 0.25) is 0 Å². The maximum absolute atomic E-state index is 13.1. The summed E-state index contributed by atoms with van der Waals surface area (Å²) < 4.78 is 18.5. The van der Waals surface area contributed by atoms with Gasteiger partial charge in [0.05, 0.1) is 5.92 Å². The van der Waals surface area contributed by atoms with Crippen molar-refractivity contribution in [3.63, 3.8) is 0 Å². The largest absolute Gasteiger partial charge is 0.339 e. The number of nitrogens with zero attached hydrogens (tertiary/aromatic N) is 4. The lowest BCUT2D eigenvalue weighted by Gasteiger charge is -2.31. The number of halogens is 1. The van der Waals surface area contributed by atoms with E-state index < -0.39 is 0 Å². The number of benzene rings is 1. The lowest BCUT2D eigenvalue weighted by atomic mass is 9.97. The van der Waals surface area contributed by atoms with E-state index in [9.17, 15) is 9.18 Å². The Morgan fingerprint density at radius 3 is 2.81 bits per heavy atom. The molecule has 1 atom stereocenters. The molecule has 1 aromatic carbocycles. The van der Waals surface area contributed by atoms with Crippen LogP contribution in [0, 0.1) is 5.82 Å². The molecule has 1 amide bonds. The summed E-state index contributed by atoms with van der Waals surface area (Å²) in [6, 6.07) is 11.1. The van der Waals surface area contributed by atoms with Crippen LogP contribution in [-0.4, -0.2) is 39.0 Å². The normalized spacial score (nSPS) is 17.3. The second-order valence-electron chi connectivity index (χ2n) is 6.27. The summed E-state index contributed by atoms with van der Waals surface area (Å²) in [6.07, 6.45) is 3.39. The van der Waals surface area contributed by atoms with Crippen LogP contribution in [0.15, 0.2) is 53.2 Å². The molecule has 3 heterocycles. The van der Waals surface area contributed by atoms with E-state index in [1.165, 1.54) is 24.3 Å². The van der Waals surface area contributed by atoms with Crippen molar-refractivity contribution in [2.45, 2.75) is 18.8 Å². The van der Waals surface area contributed by atoms with Crippen molar-refractivity contribution in [1.82, 2.24) is 20.0 Å². The molecular formula is C19H17FN4O2. The number of carbonyl (C=O) groups is 1. The van der Waals surface area contributed by atoms with Crippen LogP contribution >= 0.6 is 0 Å². The van der Waals surface area contributed by atoms with Gasteiger partial charge in [-0.05, 0) is 49.2 Å². The number of piperidine rings is 1. The molecule has 3 aromatic rings.